The second kappa shape index (κ2) is 22.4. The molecule has 8 nitrogen and oxygen atoms in total. The van der Waals surface area contributed by atoms with Gasteiger partial charge in [-0.25, -0.2) is 16.8 Å². The van der Waals surface area contributed by atoms with E-state index in [1.165, 1.54) is 87.8 Å². The predicted octanol–water partition coefficient (Wildman–Crippen LogP) is 9.41. The zero-order valence-corrected chi connectivity index (χ0v) is 32.4. The summed E-state index contributed by atoms with van der Waals surface area (Å²) in [6.07, 6.45) is 13.8. The van der Waals surface area contributed by atoms with Gasteiger partial charge in [-0.05, 0) is 85.3 Å². The summed E-state index contributed by atoms with van der Waals surface area (Å²) in [5.74, 6) is 2.11. The van der Waals surface area contributed by atoms with Crippen molar-refractivity contribution in [2.24, 2.45) is 0 Å². The number of ether oxygens (including phenoxy) is 2. The van der Waals surface area contributed by atoms with E-state index in [1.807, 2.05) is 48.5 Å². The normalized spacial score (nSPS) is 11.2. The first-order chi connectivity index (χ1) is 23.0. The minimum Gasteiger partial charge on any atom is -0.744 e. The molecule has 0 saturated carbocycles. The molecule has 0 unspecified atom stereocenters. The summed E-state index contributed by atoms with van der Waals surface area (Å²) in [7, 11) is -8.96. The van der Waals surface area contributed by atoms with Gasteiger partial charge in [-0.15, -0.1) is 0 Å². The standard InChI is InChI=1S/2C19H24O4S.Ca/c2*1-2-3-4-5-6-10-16-11-7-8-14-19(16)23-17-12-9-13-18(15-17)24(20,21)22;/h2*7-9,11-15H,2-6,10H2,1H3,(H,20,21,22);/q;;+2/p-2. The number of rotatable bonds is 18. The average Bonchev–Trinajstić information content (AvgIpc) is 3.06. The molecule has 0 atom stereocenters. The quantitative estimate of drug-likeness (QED) is 0.0561. The smallest absolute Gasteiger partial charge is 0.744 e. The molecule has 0 radical (unpaired) electrons. The summed E-state index contributed by atoms with van der Waals surface area (Å²) in [6.45, 7) is 4.39. The molecule has 0 heterocycles. The minimum absolute atomic E-state index is 0. The van der Waals surface area contributed by atoms with Crippen molar-refractivity contribution < 1.29 is 35.4 Å². The van der Waals surface area contributed by atoms with Gasteiger partial charge in [-0.3, -0.25) is 0 Å². The molecule has 0 fully saturated rings. The molecule has 0 bridgehead atoms. The predicted molar refractivity (Wildman–Crippen MR) is 193 cm³/mol. The summed E-state index contributed by atoms with van der Waals surface area (Å²) in [6, 6.07) is 26.8. The Morgan fingerprint density at radius 2 is 0.857 bits per heavy atom. The van der Waals surface area contributed by atoms with Gasteiger partial charge in [0.2, 0.25) is 0 Å². The first kappa shape index (κ1) is 42.7. The third-order valence-electron chi connectivity index (χ3n) is 7.69. The van der Waals surface area contributed by atoms with Gasteiger partial charge in [-0.2, -0.15) is 0 Å². The fourth-order valence-electron chi connectivity index (χ4n) is 5.10. The van der Waals surface area contributed by atoms with E-state index in [0.717, 1.165) is 36.8 Å². The van der Waals surface area contributed by atoms with Crippen LogP contribution in [0, 0.1) is 0 Å². The van der Waals surface area contributed by atoms with Crippen molar-refractivity contribution in [3.05, 3.63) is 108 Å². The number of unbranched alkanes of at least 4 members (excludes halogenated alkanes) is 8. The number of benzene rings is 4. The molecule has 0 aromatic heterocycles. The van der Waals surface area contributed by atoms with Crippen LogP contribution in [0.1, 0.15) is 89.2 Å². The third kappa shape index (κ3) is 16.0. The molecule has 0 amide bonds. The van der Waals surface area contributed by atoms with Gasteiger partial charge in [0, 0.05) is 0 Å². The van der Waals surface area contributed by atoms with Gasteiger partial charge < -0.3 is 18.6 Å². The largest absolute Gasteiger partial charge is 2.00 e. The number of hydrogen-bond acceptors (Lipinski definition) is 8. The van der Waals surface area contributed by atoms with Crippen LogP contribution in [0.15, 0.2) is 107 Å². The second-order valence-corrected chi connectivity index (χ2v) is 14.4. The summed E-state index contributed by atoms with van der Waals surface area (Å²) in [5, 5.41) is 0. The van der Waals surface area contributed by atoms with Crippen molar-refractivity contribution in [3.63, 3.8) is 0 Å². The van der Waals surface area contributed by atoms with E-state index in [1.54, 1.807) is 12.1 Å². The van der Waals surface area contributed by atoms with Crippen molar-refractivity contribution in [1.29, 1.82) is 0 Å². The Bertz CT molecular complexity index is 1640. The first-order valence-electron chi connectivity index (χ1n) is 16.6. The van der Waals surface area contributed by atoms with Crippen LogP contribution in [0.4, 0.5) is 0 Å². The fourth-order valence-corrected chi connectivity index (χ4v) is 6.11. The maximum atomic E-state index is 11.1. The Morgan fingerprint density at radius 3 is 1.22 bits per heavy atom. The van der Waals surface area contributed by atoms with E-state index in [-0.39, 0.29) is 47.5 Å². The Balaban J connectivity index is 0.000000333. The van der Waals surface area contributed by atoms with Crippen molar-refractivity contribution in [2.75, 3.05) is 0 Å². The van der Waals surface area contributed by atoms with Gasteiger partial charge in [-0.1, -0.05) is 114 Å². The molecule has 49 heavy (non-hydrogen) atoms. The first-order valence-corrected chi connectivity index (χ1v) is 19.5. The fraction of sp³-hybridized carbons (Fsp3) is 0.368. The Morgan fingerprint density at radius 1 is 0.490 bits per heavy atom. The van der Waals surface area contributed by atoms with E-state index >= 15 is 0 Å². The van der Waals surface area contributed by atoms with Gasteiger partial charge in [0.15, 0.2) is 0 Å². The van der Waals surface area contributed by atoms with Crippen molar-refractivity contribution in [3.8, 4) is 23.0 Å². The van der Waals surface area contributed by atoms with Crippen LogP contribution in [0.3, 0.4) is 0 Å². The molecule has 4 rings (SSSR count). The maximum Gasteiger partial charge on any atom is 2.00 e. The number of hydrogen-bond donors (Lipinski definition) is 0. The summed E-state index contributed by atoms with van der Waals surface area (Å²) < 4.78 is 78.4. The average molecular weight is 735 g/mol. The molecule has 0 aliphatic heterocycles. The molecule has 0 saturated heterocycles. The van der Waals surface area contributed by atoms with Crippen LogP contribution in [0.25, 0.3) is 0 Å². The van der Waals surface area contributed by atoms with Crippen molar-refractivity contribution >= 4 is 58.0 Å². The van der Waals surface area contributed by atoms with Crippen LogP contribution in [0.5, 0.6) is 23.0 Å². The number of para-hydroxylation sites is 2. The van der Waals surface area contributed by atoms with Crippen LogP contribution in [-0.4, -0.2) is 63.7 Å². The Hall–Kier alpha value is -2.44. The summed E-state index contributed by atoms with van der Waals surface area (Å²) >= 11 is 0. The second-order valence-electron chi connectivity index (χ2n) is 11.6. The molecule has 0 aliphatic rings. The van der Waals surface area contributed by atoms with E-state index in [0.29, 0.717) is 23.0 Å². The topological polar surface area (TPSA) is 133 Å². The third-order valence-corrected chi connectivity index (χ3v) is 9.35. The molecule has 0 N–H and O–H groups in total. The van der Waals surface area contributed by atoms with Gasteiger partial charge in [0.1, 0.15) is 43.2 Å². The Labute approximate surface area is 322 Å². The van der Waals surface area contributed by atoms with Gasteiger partial charge >= 0.3 is 37.7 Å². The van der Waals surface area contributed by atoms with Gasteiger partial charge in [0.25, 0.3) is 0 Å². The van der Waals surface area contributed by atoms with Crippen LogP contribution in [-0.2, 0) is 33.1 Å². The molecule has 0 aliphatic carbocycles. The maximum absolute atomic E-state index is 11.1. The monoisotopic (exact) mass is 734 g/mol. The molecule has 4 aromatic rings. The van der Waals surface area contributed by atoms with Crippen molar-refractivity contribution in [2.45, 2.75) is 101 Å². The molecule has 4 aromatic carbocycles. The van der Waals surface area contributed by atoms with E-state index in [4.69, 9.17) is 9.47 Å². The molecular formula is C38H46CaO8S2. The Kier molecular flexibility index (Phi) is 19.5. The molecular weight excluding hydrogens is 689 g/mol. The number of aryl methyl sites for hydroxylation is 2. The SMILES string of the molecule is CCCCCCCc1ccccc1Oc1cccc(S(=O)(=O)[O-])c1.CCCCCCCc1ccccc1Oc1cccc(S(=O)(=O)[O-])c1.[Ca+2]. The minimum atomic E-state index is -4.48. The van der Waals surface area contributed by atoms with Crippen LogP contribution >= 0.6 is 0 Å². The zero-order valence-electron chi connectivity index (χ0n) is 28.5. The van der Waals surface area contributed by atoms with Crippen LogP contribution < -0.4 is 9.47 Å². The summed E-state index contributed by atoms with van der Waals surface area (Å²) in [4.78, 5) is -0.561. The molecule has 11 heteroatoms. The summed E-state index contributed by atoms with van der Waals surface area (Å²) in [5.41, 5.74) is 2.17. The zero-order chi connectivity index (χ0) is 34.8. The van der Waals surface area contributed by atoms with E-state index in [2.05, 4.69) is 13.8 Å². The van der Waals surface area contributed by atoms with Crippen molar-refractivity contribution in [1.82, 2.24) is 0 Å². The van der Waals surface area contributed by atoms with E-state index in [9.17, 15) is 25.9 Å². The molecule has 260 valence electrons. The molecule has 0 spiro atoms. The van der Waals surface area contributed by atoms with E-state index < -0.39 is 20.2 Å². The van der Waals surface area contributed by atoms with Crippen LogP contribution in [0.2, 0.25) is 0 Å². The van der Waals surface area contributed by atoms with Gasteiger partial charge in [0.05, 0.1) is 9.79 Å².